The second kappa shape index (κ2) is 5.69. The quantitative estimate of drug-likeness (QED) is 0.450. The second-order valence-corrected chi connectivity index (χ2v) is 5.83. The first kappa shape index (κ1) is 13.7. The lowest BCUT2D eigenvalue weighted by Crippen LogP contribution is -1.85. The predicted molar refractivity (Wildman–Crippen MR) is 97.4 cm³/mol. The van der Waals surface area contributed by atoms with Crippen molar-refractivity contribution in [2.45, 2.75) is 6.92 Å². The normalized spacial score (nSPS) is 10.8. The summed E-state index contributed by atoms with van der Waals surface area (Å²) in [6, 6.07) is 27.8. The van der Waals surface area contributed by atoms with Gasteiger partial charge in [0.2, 0.25) is 0 Å². The van der Waals surface area contributed by atoms with Crippen LogP contribution in [0.3, 0.4) is 0 Å². The van der Waals surface area contributed by atoms with Crippen molar-refractivity contribution < 1.29 is 0 Å². The summed E-state index contributed by atoms with van der Waals surface area (Å²) in [5.41, 5.74) is 7.21. The molecule has 0 aliphatic heterocycles. The summed E-state index contributed by atoms with van der Waals surface area (Å²) in [6.07, 6.45) is 1.85. The van der Waals surface area contributed by atoms with Crippen LogP contribution < -0.4 is 0 Å². The monoisotopic (exact) mass is 295 g/mol. The number of pyridine rings is 1. The number of aryl methyl sites for hydroxylation is 1. The molecule has 1 heteroatoms. The molecule has 0 saturated heterocycles. The molecule has 4 aromatic rings. The molecular weight excluding hydrogens is 278 g/mol. The molecule has 1 nitrogen and oxygen atoms in total. The Morgan fingerprint density at radius 2 is 1.39 bits per heavy atom. The van der Waals surface area contributed by atoms with Crippen LogP contribution in [-0.4, -0.2) is 4.98 Å². The Balaban J connectivity index is 1.78. The van der Waals surface area contributed by atoms with Crippen molar-refractivity contribution in [3.63, 3.8) is 0 Å². The number of rotatable bonds is 2. The van der Waals surface area contributed by atoms with Crippen molar-refractivity contribution in [1.29, 1.82) is 0 Å². The molecular formula is C22H17N. The minimum absolute atomic E-state index is 1.05. The summed E-state index contributed by atoms with van der Waals surface area (Å²) in [5.74, 6) is 0. The van der Waals surface area contributed by atoms with Gasteiger partial charge in [0.25, 0.3) is 0 Å². The topological polar surface area (TPSA) is 12.9 Å². The molecule has 0 N–H and O–H groups in total. The molecule has 3 aromatic carbocycles. The number of benzene rings is 3. The van der Waals surface area contributed by atoms with E-state index in [0.717, 1.165) is 5.52 Å². The molecule has 0 bridgehead atoms. The van der Waals surface area contributed by atoms with E-state index in [9.17, 15) is 0 Å². The molecule has 0 atom stereocenters. The molecule has 110 valence electrons. The maximum Gasteiger partial charge on any atom is 0.0780 e. The molecule has 0 radical (unpaired) electrons. The van der Waals surface area contributed by atoms with Crippen LogP contribution in [0.4, 0.5) is 0 Å². The SMILES string of the molecule is Cc1cccc(-c2ccc(-c3cccc4cccnc34)cc2)c1. The summed E-state index contributed by atoms with van der Waals surface area (Å²) < 4.78 is 0. The molecule has 0 amide bonds. The van der Waals surface area contributed by atoms with Crippen molar-refractivity contribution in [2.75, 3.05) is 0 Å². The third-order valence-corrected chi connectivity index (χ3v) is 4.18. The first-order valence-corrected chi connectivity index (χ1v) is 7.82. The van der Waals surface area contributed by atoms with Crippen molar-refractivity contribution in [1.82, 2.24) is 4.98 Å². The predicted octanol–water partition coefficient (Wildman–Crippen LogP) is 5.88. The second-order valence-electron chi connectivity index (χ2n) is 5.83. The van der Waals surface area contributed by atoms with Crippen LogP contribution in [0.1, 0.15) is 5.56 Å². The first-order chi connectivity index (χ1) is 11.3. The maximum absolute atomic E-state index is 4.55. The van der Waals surface area contributed by atoms with Gasteiger partial charge >= 0.3 is 0 Å². The van der Waals surface area contributed by atoms with Crippen LogP contribution in [0.25, 0.3) is 33.2 Å². The molecule has 4 rings (SSSR count). The van der Waals surface area contributed by atoms with Gasteiger partial charge in [0.05, 0.1) is 5.52 Å². The average Bonchev–Trinajstić information content (AvgIpc) is 2.61. The van der Waals surface area contributed by atoms with Crippen LogP contribution in [0.2, 0.25) is 0 Å². The van der Waals surface area contributed by atoms with Crippen LogP contribution in [-0.2, 0) is 0 Å². The van der Waals surface area contributed by atoms with E-state index in [4.69, 9.17) is 0 Å². The van der Waals surface area contributed by atoms with E-state index in [1.807, 2.05) is 12.3 Å². The van der Waals surface area contributed by atoms with E-state index in [-0.39, 0.29) is 0 Å². The lowest BCUT2D eigenvalue weighted by Gasteiger charge is -2.08. The van der Waals surface area contributed by atoms with Gasteiger partial charge in [-0.3, -0.25) is 4.98 Å². The highest BCUT2D eigenvalue weighted by Crippen LogP contribution is 2.29. The van der Waals surface area contributed by atoms with Gasteiger partial charge in [0.15, 0.2) is 0 Å². The number of fused-ring (bicyclic) bond motifs is 1. The molecule has 0 spiro atoms. The van der Waals surface area contributed by atoms with Gasteiger partial charge in [0.1, 0.15) is 0 Å². The fourth-order valence-electron chi connectivity index (χ4n) is 3.00. The average molecular weight is 295 g/mol. The number of para-hydroxylation sites is 1. The lowest BCUT2D eigenvalue weighted by molar-refractivity contribution is 1.41. The number of aromatic nitrogens is 1. The van der Waals surface area contributed by atoms with E-state index >= 15 is 0 Å². The van der Waals surface area contributed by atoms with Gasteiger partial charge in [0, 0.05) is 17.1 Å². The third-order valence-electron chi connectivity index (χ3n) is 4.18. The zero-order valence-electron chi connectivity index (χ0n) is 13.0. The fraction of sp³-hybridized carbons (Fsp3) is 0.0455. The lowest BCUT2D eigenvalue weighted by atomic mass is 9.98. The van der Waals surface area contributed by atoms with Crippen molar-refractivity contribution in [3.8, 4) is 22.3 Å². The van der Waals surface area contributed by atoms with E-state index in [0.29, 0.717) is 0 Å². The molecule has 0 aliphatic carbocycles. The van der Waals surface area contributed by atoms with Crippen LogP contribution >= 0.6 is 0 Å². The zero-order valence-corrected chi connectivity index (χ0v) is 13.0. The summed E-state index contributed by atoms with van der Waals surface area (Å²) in [7, 11) is 0. The van der Waals surface area contributed by atoms with Gasteiger partial charge in [-0.25, -0.2) is 0 Å². The van der Waals surface area contributed by atoms with E-state index in [1.165, 1.54) is 33.2 Å². The van der Waals surface area contributed by atoms with Gasteiger partial charge in [-0.05, 0) is 29.7 Å². The molecule has 0 fully saturated rings. The third kappa shape index (κ3) is 2.62. The fourth-order valence-corrected chi connectivity index (χ4v) is 3.00. The Morgan fingerprint density at radius 1 is 0.652 bits per heavy atom. The molecule has 0 unspecified atom stereocenters. The zero-order chi connectivity index (χ0) is 15.6. The minimum atomic E-state index is 1.05. The van der Waals surface area contributed by atoms with E-state index < -0.39 is 0 Å². The molecule has 1 heterocycles. The van der Waals surface area contributed by atoms with Gasteiger partial charge in [-0.2, -0.15) is 0 Å². The van der Waals surface area contributed by atoms with E-state index in [1.54, 1.807) is 0 Å². The summed E-state index contributed by atoms with van der Waals surface area (Å²) in [5, 5.41) is 1.17. The van der Waals surface area contributed by atoms with Gasteiger partial charge in [-0.15, -0.1) is 0 Å². The highest BCUT2D eigenvalue weighted by molar-refractivity contribution is 5.93. The number of nitrogens with zero attached hydrogens (tertiary/aromatic N) is 1. The maximum atomic E-state index is 4.55. The van der Waals surface area contributed by atoms with Gasteiger partial charge < -0.3 is 0 Å². The van der Waals surface area contributed by atoms with Crippen molar-refractivity contribution in [3.05, 3.63) is 90.6 Å². The summed E-state index contributed by atoms with van der Waals surface area (Å²) in [4.78, 5) is 4.55. The smallest absolute Gasteiger partial charge is 0.0780 e. The van der Waals surface area contributed by atoms with Crippen molar-refractivity contribution in [2.24, 2.45) is 0 Å². The van der Waals surface area contributed by atoms with Crippen LogP contribution in [0.15, 0.2) is 85.1 Å². The largest absolute Gasteiger partial charge is 0.256 e. The van der Waals surface area contributed by atoms with Gasteiger partial charge in [-0.1, -0.05) is 78.4 Å². The standard InChI is InChI=1S/C22H17N/c1-16-5-2-7-20(15-16)17-10-12-18(13-11-17)21-9-3-6-19-8-4-14-23-22(19)21/h2-15H,1H3. The van der Waals surface area contributed by atoms with Crippen LogP contribution in [0, 0.1) is 6.92 Å². The Morgan fingerprint density at radius 3 is 2.22 bits per heavy atom. The highest BCUT2D eigenvalue weighted by atomic mass is 14.6. The minimum Gasteiger partial charge on any atom is -0.256 e. The number of hydrogen-bond donors (Lipinski definition) is 0. The molecule has 23 heavy (non-hydrogen) atoms. The van der Waals surface area contributed by atoms with E-state index in [2.05, 4.69) is 84.7 Å². The first-order valence-electron chi connectivity index (χ1n) is 7.82. The van der Waals surface area contributed by atoms with Crippen LogP contribution in [0.5, 0.6) is 0 Å². The Kier molecular flexibility index (Phi) is 3.39. The molecule has 0 saturated carbocycles. The Hall–Kier alpha value is -2.93. The number of hydrogen-bond acceptors (Lipinski definition) is 1. The molecule has 1 aromatic heterocycles. The Labute approximate surface area is 136 Å². The summed E-state index contributed by atoms with van der Waals surface area (Å²) in [6.45, 7) is 2.12. The van der Waals surface area contributed by atoms with Crippen molar-refractivity contribution >= 4 is 10.9 Å². The molecule has 0 aliphatic rings. The Bertz CT molecular complexity index is 963. The summed E-state index contributed by atoms with van der Waals surface area (Å²) >= 11 is 0. The highest BCUT2D eigenvalue weighted by Gasteiger charge is 2.05.